The second-order valence-electron chi connectivity index (χ2n) is 3.98. The molecule has 0 amide bonds. The number of oxime groups is 1. The third kappa shape index (κ3) is 3.20. The fourth-order valence-corrected chi connectivity index (χ4v) is 2.99. The van der Waals surface area contributed by atoms with Gasteiger partial charge in [-0.2, -0.15) is 9.40 Å². The highest BCUT2D eigenvalue weighted by atomic mass is 32.2. The first-order valence-electron chi connectivity index (χ1n) is 5.36. The summed E-state index contributed by atoms with van der Waals surface area (Å²) in [6.45, 7) is 3.65. The summed E-state index contributed by atoms with van der Waals surface area (Å²) in [5, 5.41) is 17.4. The van der Waals surface area contributed by atoms with Crippen LogP contribution in [0.5, 0.6) is 0 Å². The summed E-state index contributed by atoms with van der Waals surface area (Å²) >= 11 is 0. The van der Waals surface area contributed by atoms with Crippen LogP contribution in [0.3, 0.4) is 0 Å². The van der Waals surface area contributed by atoms with Gasteiger partial charge >= 0.3 is 0 Å². The molecule has 8 nitrogen and oxygen atoms in total. The summed E-state index contributed by atoms with van der Waals surface area (Å²) in [4.78, 5) is 0.0932. The zero-order chi connectivity index (χ0) is 13.8. The SMILES string of the molecule is CC(C)N(CCC(N)=NO)S(=O)(=O)c1cn[nH]c1. The van der Waals surface area contributed by atoms with Crippen LogP contribution in [-0.2, 0) is 10.0 Å². The number of amidine groups is 1. The minimum absolute atomic E-state index is 0.0111. The number of nitrogens with one attached hydrogen (secondary N) is 1. The lowest BCUT2D eigenvalue weighted by Gasteiger charge is -2.24. The van der Waals surface area contributed by atoms with Crippen LogP contribution in [-0.4, -0.2) is 46.5 Å². The molecule has 1 aromatic heterocycles. The Morgan fingerprint density at radius 2 is 2.33 bits per heavy atom. The van der Waals surface area contributed by atoms with Crippen LogP contribution in [0, 0.1) is 0 Å². The molecule has 0 unspecified atom stereocenters. The smallest absolute Gasteiger partial charge is 0.246 e. The molecule has 0 bridgehead atoms. The van der Waals surface area contributed by atoms with Crippen molar-refractivity contribution in [3.8, 4) is 0 Å². The molecule has 102 valence electrons. The molecule has 0 spiro atoms. The maximum absolute atomic E-state index is 12.3. The Morgan fingerprint density at radius 3 is 2.78 bits per heavy atom. The summed E-state index contributed by atoms with van der Waals surface area (Å²) in [5.41, 5.74) is 5.34. The van der Waals surface area contributed by atoms with Gasteiger partial charge in [-0.05, 0) is 13.8 Å². The van der Waals surface area contributed by atoms with Gasteiger partial charge in [0.2, 0.25) is 10.0 Å². The van der Waals surface area contributed by atoms with Crippen molar-refractivity contribution in [2.45, 2.75) is 31.2 Å². The van der Waals surface area contributed by atoms with E-state index in [0.717, 1.165) is 0 Å². The molecule has 1 aromatic rings. The van der Waals surface area contributed by atoms with E-state index in [1.54, 1.807) is 13.8 Å². The third-order valence-electron chi connectivity index (χ3n) is 2.37. The topological polar surface area (TPSA) is 125 Å². The van der Waals surface area contributed by atoms with Gasteiger partial charge in [-0.3, -0.25) is 5.10 Å². The molecule has 1 rings (SSSR count). The Balaban J connectivity index is 2.92. The van der Waals surface area contributed by atoms with E-state index in [0.29, 0.717) is 0 Å². The molecule has 1 heterocycles. The maximum Gasteiger partial charge on any atom is 0.246 e. The van der Waals surface area contributed by atoms with E-state index in [4.69, 9.17) is 10.9 Å². The number of aromatic amines is 1. The van der Waals surface area contributed by atoms with E-state index in [1.165, 1.54) is 16.7 Å². The van der Waals surface area contributed by atoms with Gasteiger partial charge in [0.1, 0.15) is 10.7 Å². The number of aromatic nitrogens is 2. The predicted molar refractivity (Wildman–Crippen MR) is 65.6 cm³/mol. The average molecular weight is 275 g/mol. The molecule has 9 heteroatoms. The number of nitrogens with zero attached hydrogens (tertiary/aromatic N) is 3. The molecule has 0 aromatic carbocycles. The highest BCUT2D eigenvalue weighted by Crippen LogP contribution is 2.16. The first kappa shape index (κ1) is 14.5. The standard InChI is InChI=1S/C9H17N5O3S/c1-7(2)14(4-3-9(10)13-15)18(16,17)8-5-11-12-6-8/h5-7,15H,3-4H2,1-2H3,(H2,10,13)(H,11,12). The zero-order valence-corrected chi connectivity index (χ0v) is 11.1. The van der Waals surface area contributed by atoms with Crippen molar-refractivity contribution in [1.82, 2.24) is 14.5 Å². The average Bonchev–Trinajstić information content (AvgIpc) is 2.82. The van der Waals surface area contributed by atoms with E-state index in [1.807, 2.05) is 0 Å². The quantitative estimate of drug-likeness (QED) is 0.290. The maximum atomic E-state index is 12.3. The number of sulfonamides is 1. The molecule has 0 fully saturated rings. The summed E-state index contributed by atoms with van der Waals surface area (Å²) in [7, 11) is -3.61. The molecule has 0 aliphatic heterocycles. The van der Waals surface area contributed by atoms with Crippen LogP contribution >= 0.6 is 0 Å². The van der Waals surface area contributed by atoms with Crippen LogP contribution < -0.4 is 5.73 Å². The highest BCUT2D eigenvalue weighted by Gasteiger charge is 2.27. The van der Waals surface area contributed by atoms with Gasteiger partial charge in [0.15, 0.2) is 0 Å². The van der Waals surface area contributed by atoms with E-state index >= 15 is 0 Å². The van der Waals surface area contributed by atoms with E-state index in [-0.39, 0.29) is 29.7 Å². The monoisotopic (exact) mass is 275 g/mol. The molecule has 0 saturated heterocycles. The highest BCUT2D eigenvalue weighted by molar-refractivity contribution is 7.89. The van der Waals surface area contributed by atoms with Crippen molar-refractivity contribution in [3.05, 3.63) is 12.4 Å². The fourth-order valence-electron chi connectivity index (χ4n) is 1.45. The van der Waals surface area contributed by atoms with Crippen LogP contribution in [0.15, 0.2) is 22.4 Å². The van der Waals surface area contributed by atoms with Gasteiger partial charge < -0.3 is 10.9 Å². The van der Waals surface area contributed by atoms with Gasteiger partial charge in [-0.25, -0.2) is 8.42 Å². The van der Waals surface area contributed by atoms with Crippen molar-refractivity contribution in [3.63, 3.8) is 0 Å². The van der Waals surface area contributed by atoms with Crippen LogP contribution in [0.1, 0.15) is 20.3 Å². The number of hydrogen-bond acceptors (Lipinski definition) is 5. The zero-order valence-electron chi connectivity index (χ0n) is 10.2. The minimum atomic E-state index is -3.61. The number of nitrogens with two attached hydrogens (primary N) is 1. The van der Waals surface area contributed by atoms with Gasteiger partial charge in [0.05, 0.1) is 6.20 Å². The molecule has 0 saturated carbocycles. The Morgan fingerprint density at radius 1 is 1.67 bits per heavy atom. The summed E-state index contributed by atoms with van der Waals surface area (Å²) in [5.74, 6) is -0.0111. The van der Waals surface area contributed by atoms with Crippen molar-refractivity contribution in [1.29, 1.82) is 0 Å². The van der Waals surface area contributed by atoms with Gasteiger partial charge in [-0.15, -0.1) is 0 Å². The minimum Gasteiger partial charge on any atom is -0.409 e. The molecular formula is C9H17N5O3S. The molecule has 0 atom stereocenters. The van der Waals surface area contributed by atoms with Crippen molar-refractivity contribution in [2.24, 2.45) is 10.9 Å². The molecule has 0 aliphatic rings. The largest absolute Gasteiger partial charge is 0.409 e. The van der Waals surface area contributed by atoms with Crippen molar-refractivity contribution in [2.75, 3.05) is 6.54 Å². The fraction of sp³-hybridized carbons (Fsp3) is 0.556. The van der Waals surface area contributed by atoms with Crippen molar-refractivity contribution < 1.29 is 13.6 Å². The summed E-state index contributed by atoms with van der Waals surface area (Å²) in [6, 6.07) is -0.239. The van der Waals surface area contributed by atoms with Crippen LogP contribution in [0.25, 0.3) is 0 Å². The second-order valence-corrected chi connectivity index (χ2v) is 5.88. The lowest BCUT2D eigenvalue weighted by Crippen LogP contribution is -2.39. The normalized spacial score (nSPS) is 13.4. The first-order chi connectivity index (χ1) is 8.39. The van der Waals surface area contributed by atoms with E-state index < -0.39 is 10.0 Å². The van der Waals surface area contributed by atoms with E-state index in [2.05, 4.69) is 15.4 Å². The number of H-pyrrole nitrogens is 1. The lowest BCUT2D eigenvalue weighted by molar-refractivity contribution is 0.313. The molecule has 4 N–H and O–H groups in total. The van der Waals surface area contributed by atoms with Gasteiger partial charge in [0, 0.05) is 25.2 Å². The third-order valence-corrected chi connectivity index (χ3v) is 4.41. The Hall–Kier alpha value is -1.61. The first-order valence-corrected chi connectivity index (χ1v) is 6.80. The van der Waals surface area contributed by atoms with Gasteiger partial charge in [0.25, 0.3) is 0 Å². The Kier molecular flexibility index (Phi) is 4.68. The van der Waals surface area contributed by atoms with Crippen LogP contribution in [0.2, 0.25) is 0 Å². The number of rotatable bonds is 6. The Bertz CT molecular complexity index is 494. The number of hydrogen-bond donors (Lipinski definition) is 3. The predicted octanol–water partition coefficient (Wildman–Crippen LogP) is -0.0547. The molecule has 18 heavy (non-hydrogen) atoms. The van der Waals surface area contributed by atoms with Crippen molar-refractivity contribution >= 4 is 15.9 Å². The van der Waals surface area contributed by atoms with E-state index in [9.17, 15) is 8.42 Å². The summed E-state index contributed by atoms with van der Waals surface area (Å²) < 4.78 is 25.8. The molecular weight excluding hydrogens is 258 g/mol. The Labute approximate surface area is 106 Å². The summed E-state index contributed by atoms with van der Waals surface area (Å²) in [6.07, 6.45) is 2.72. The molecule has 0 radical (unpaired) electrons. The van der Waals surface area contributed by atoms with Crippen LogP contribution in [0.4, 0.5) is 0 Å². The molecule has 0 aliphatic carbocycles. The lowest BCUT2D eigenvalue weighted by atomic mass is 10.3. The second kappa shape index (κ2) is 5.83. The van der Waals surface area contributed by atoms with Gasteiger partial charge in [-0.1, -0.05) is 5.16 Å².